The van der Waals surface area contributed by atoms with Crippen LogP contribution in [0, 0.1) is 22.7 Å². The van der Waals surface area contributed by atoms with Crippen LogP contribution in [-0.2, 0) is 9.53 Å². The second-order valence-corrected chi connectivity index (χ2v) is 7.16. The molecule has 0 atom stereocenters. The Kier molecular flexibility index (Phi) is 6.53. The maximum absolute atomic E-state index is 12.6. The van der Waals surface area contributed by atoms with E-state index in [1.807, 2.05) is 17.5 Å². The number of anilines is 1. The van der Waals surface area contributed by atoms with Gasteiger partial charge in [-0.05, 0) is 36.1 Å². The van der Waals surface area contributed by atoms with Crippen molar-refractivity contribution in [1.82, 2.24) is 4.57 Å². The van der Waals surface area contributed by atoms with Crippen molar-refractivity contribution in [1.29, 1.82) is 10.5 Å². The highest BCUT2D eigenvalue weighted by Gasteiger charge is 2.24. The third kappa shape index (κ3) is 4.20. The number of ether oxygens (including phenoxy) is 1. The molecule has 0 fully saturated rings. The van der Waals surface area contributed by atoms with E-state index in [1.165, 1.54) is 22.0 Å². The van der Waals surface area contributed by atoms with Gasteiger partial charge in [0.2, 0.25) is 5.91 Å². The van der Waals surface area contributed by atoms with Gasteiger partial charge in [0.15, 0.2) is 5.69 Å². The topological polar surface area (TPSA) is 108 Å². The summed E-state index contributed by atoms with van der Waals surface area (Å²) in [4.78, 5) is 24.5. The van der Waals surface area contributed by atoms with Crippen LogP contribution in [0.5, 0.6) is 0 Å². The number of benzene rings is 1. The molecule has 150 valence electrons. The number of nitrogens with one attached hydrogen (secondary N) is 1. The minimum atomic E-state index is -0.662. The van der Waals surface area contributed by atoms with Crippen molar-refractivity contribution < 1.29 is 14.3 Å². The van der Waals surface area contributed by atoms with Crippen LogP contribution in [0.25, 0.3) is 16.8 Å². The lowest BCUT2D eigenvalue weighted by Crippen LogP contribution is -2.17. The van der Waals surface area contributed by atoms with Crippen LogP contribution in [-0.4, -0.2) is 23.1 Å². The maximum atomic E-state index is 12.6. The van der Waals surface area contributed by atoms with Gasteiger partial charge in [0, 0.05) is 16.6 Å². The van der Waals surface area contributed by atoms with Crippen LogP contribution in [0.1, 0.15) is 29.4 Å². The molecule has 0 bridgehead atoms. The molecule has 0 spiro atoms. The number of hydrogen-bond donors (Lipinski definition) is 1. The molecule has 9 heteroatoms. The Bertz CT molecular complexity index is 1180. The number of amides is 1. The maximum Gasteiger partial charge on any atom is 0.357 e. The number of rotatable bonds is 6. The van der Waals surface area contributed by atoms with Crippen LogP contribution in [0.3, 0.4) is 0 Å². The number of nitriles is 2. The van der Waals surface area contributed by atoms with E-state index in [9.17, 15) is 14.9 Å². The van der Waals surface area contributed by atoms with Gasteiger partial charge in [-0.3, -0.25) is 9.36 Å². The molecule has 2 heterocycles. The van der Waals surface area contributed by atoms with E-state index in [4.69, 9.17) is 21.6 Å². The molecule has 0 unspecified atom stereocenters. The second-order valence-electron chi connectivity index (χ2n) is 6.03. The zero-order valence-electron chi connectivity index (χ0n) is 15.8. The van der Waals surface area contributed by atoms with Gasteiger partial charge in [0.25, 0.3) is 0 Å². The molecule has 0 aliphatic carbocycles. The third-order valence-corrected chi connectivity index (χ3v) is 5.18. The molecular formula is C21H15ClN4O3S. The van der Waals surface area contributed by atoms with Gasteiger partial charge < -0.3 is 10.1 Å². The number of carbonyl (C=O) groups is 2. The smallest absolute Gasteiger partial charge is 0.357 e. The number of esters is 1. The van der Waals surface area contributed by atoms with Gasteiger partial charge in [0.1, 0.15) is 17.6 Å². The number of halogens is 1. The van der Waals surface area contributed by atoms with E-state index in [0.717, 1.165) is 11.1 Å². The lowest BCUT2D eigenvalue weighted by atomic mass is 10.1. The first-order valence-corrected chi connectivity index (χ1v) is 10.1. The molecule has 0 saturated heterocycles. The third-order valence-electron chi connectivity index (χ3n) is 4.16. The van der Waals surface area contributed by atoms with E-state index < -0.39 is 11.9 Å². The lowest BCUT2D eigenvalue weighted by Gasteiger charge is -2.12. The molecule has 3 rings (SSSR count). The summed E-state index contributed by atoms with van der Waals surface area (Å²) in [6.45, 7) is 1.81. The molecule has 2 aromatic heterocycles. The SMILES string of the molecule is CCOC(=O)c1c(NC(=O)CC#N)cc(Cl)n1-c1ccc(-c2cscc2C#N)cc1. The summed E-state index contributed by atoms with van der Waals surface area (Å²) in [5, 5.41) is 24.3. The Labute approximate surface area is 181 Å². The van der Waals surface area contributed by atoms with Crippen molar-refractivity contribution >= 4 is 40.5 Å². The number of thiophene rings is 1. The highest BCUT2D eigenvalue weighted by molar-refractivity contribution is 7.08. The monoisotopic (exact) mass is 438 g/mol. The molecule has 3 aromatic rings. The average molecular weight is 439 g/mol. The fraction of sp³-hybridized carbons (Fsp3) is 0.143. The number of carbonyl (C=O) groups excluding carboxylic acids is 2. The Morgan fingerprint density at radius 2 is 1.97 bits per heavy atom. The first-order chi connectivity index (χ1) is 14.5. The van der Waals surface area contributed by atoms with Gasteiger partial charge in [-0.1, -0.05) is 23.7 Å². The van der Waals surface area contributed by atoms with Gasteiger partial charge in [0.05, 0.1) is 23.9 Å². The molecule has 1 aromatic carbocycles. The van der Waals surface area contributed by atoms with Crippen LogP contribution >= 0.6 is 22.9 Å². The molecule has 0 aliphatic heterocycles. The Balaban J connectivity index is 2.05. The van der Waals surface area contributed by atoms with Crippen LogP contribution in [0.4, 0.5) is 5.69 Å². The van der Waals surface area contributed by atoms with Gasteiger partial charge in [-0.2, -0.15) is 21.9 Å². The second kappa shape index (κ2) is 9.27. The normalized spacial score (nSPS) is 10.1. The fourth-order valence-corrected chi connectivity index (χ4v) is 3.97. The summed E-state index contributed by atoms with van der Waals surface area (Å²) < 4.78 is 6.59. The van der Waals surface area contributed by atoms with Gasteiger partial charge in [-0.15, -0.1) is 0 Å². The van der Waals surface area contributed by atoms with Crippen molar-refractivity contribution in [3.8, 4) is 29.0 Å². The predicted octanol–water partition coefficient (Wildman–Crippen LogP) is 4.76. The van der Waals surface area contributed by atoms with Crippen LogP contribution < -0.4 is 5.32 Å². The van der Waals surface area contributed by atoms with Crippen molar-refractivity contribution in [3.63, 3.8) is 0 Å². The first kappa shape index (κ1) is 21.1. The Morgan fingerprint density at radius 1 is 1.23 bits per heavy atom. The van der Waals surface area contributed by atoms with Crippen molar-refractivity contribution in [3.05, 3.63) is 57.5 Å². The molecule has 1 amide bonds. The van der Waals surface area contributed by atoms with Crippen LogP contribution in [0.2, 0.25) is 5.15 Å². The fourth-order valence-electron chi connectivity index (χ4n) is 2.89. The van der Waals surface area contributed by atoms with Crippen molar-refractivity contribution in [2.75, 3.05) is 11.9 Å². The zero-order chi connectivity index (χ0) is 21.7. The summed E-state index contributed by atoms with van der Waals surface area (Å²) in [5.41, 5.74) is 3.03. The van der Waals surface area contributed by atoms with Crippen molar-refractivity contribution in [2.24, 2.45) is 0 Å². The number of aromatic nitrogens is 1. The summed E-state index contributed by atoms with van der Waals surface area (Å²) in [6, 6.07) is 12.5. The van der Waals surface area contributed by atoms with E-state index in [1.54, 1.807) is 30.5 Å². The van der Waals surface area contributed by atoms with E-state index >= 15 is 0 Å². The number of nitrogens with zero attached hydrogens (tertiary/aromatic N) is 3. The molecule has 1 N–H and O–H groups in total. The first-order valence-electron chi connectivity index (χ1n) is 8.82. The summed E-state index contributed by atoms with van der Waals surface area (Å²) in [5.74, 6) is -1.22. The summed E-state index contributed by atoms with van der Waals surface area (Å²) in [6.07, 6.45) is -0.359. The summed E-state index contributed by atoms with van der Waals surface area (Å²) >= 11 is 7.81. The minimum Gasteiger partial charge on any atom is -0.461 e. The van der Waals surface area contributed by atoms with E-state index in [-0.39, 0.29) is 29.6 Å². The minimum absolute atomic E-state index is 0.0501. The summed E-state index contributed by atoms with van der Waals surface area (Å²) in [7, 11) is 0. The quantitative estimate of drug-likeness (QED) is 0.558. The van der Waals surface area contributed by atoms with Crippen molar-refractivity contribution in [2.45, 2.75) is 13.3 Å². The number of hydrogen-bond acceptors (Lipinski definition) is 6. The molecule has 0 saturated carbocycles. The zero-order valence-corrected chi connectivity index (χ0v) is 17.4. The molecule has 0 radical (unpaired) electrons. The van der Waals surface area contributed by atoms with E-state index in [0.29, 0.717) is 11.3 Å². The molecular weight excluding hydrogens is 424 g/mol. The van der Waals surface area contributed by atoms with Gasteiger partial charge >= 0.3 is 5.97 Å². The largest absolute Gasteiger partial charge is 0.461 e. The highest BCUT2D eigenvalue weighted by atomic mass is 35.5. The Morgan fingerprint density at radius 3 is 2.60 bits per heavy atom. The highest BCUT2D eigenvalue weighted by Crippen LogP contribution is 2.32. The molecule has 30 heavy (non-hydrogen) atoms. The average Bonchev–Trinajstić information content (AvgIpc) is 3.32. The van der Waals surface area contributed by atoms with E-state index in [2.05, 4.69) is 11.4 Å². The predicted molar refractivity (Wildman–Crippen MR) is 114 cm³/mol. The molecule has 0 aliphatic rings. The molecule has 7 nitrogen and oxygen atoms in total. The van der Waals surface area contributed by atoms with Crippen LogP contribution in [0.15, 0.2) is 41.1 Å². The Hall–Kier alpha value is -3.59. The lowest BCUT2D eigenvalue weighted by molar-refractivity contribution is -0.115. The van der Waals surface area contributed by atoms with Gasteiger partial charge in [-0.25, -0.2) is 4.79 Å². The standard InChI is InChI=1S/C21H15ClN4O3S/c1-2-29-21(28)20-17(25-19(27)7-8-23)9-18(22)26(20)15-5-3-13(4-6-15)16-12-30-11-14(16)10-24/h3-6,9,11-12H,2,7H2,1H3,(H,25,27).